The Bertz CT molecular complexity index is 745. The molecule has 7 heteroatoms. The number of carbonyl (C=O) groups excluding carboxylic acids is 2. The number of piperazine rings is 1. The molecule has 2 heterocycles. The number of esters is 1. The van der Waals surface area contributed by atoms with Crippen molar-refractivity contribution in [2.24, 2.45) is 5.92 Å². The van der Waals surface area contributed by atoms with E-state index in [4.69, 9.17) is 9.72 Å². The van der Waals surface area contributed by atoms with E-state index in [1.54, 1.807) is 12.1 Å². The Morgan fingerprint density at radius 2 is 1.79 bits per heavy atom. The molecule has 0 aromatic carbocycles. The van der Waals surface area contributed by atoms with Gasteiger partial charge >= 0.3 is 5.97 Å². The highest BCUT2D eigenvalue weighted by molar-refractivity contribution is 5.91. The van der Waals surface area contributed by atoms with E-state index in [0.29, 0.717) is 43.6 Å². The van der Waals surface area contributed by atoms with Gasteiger partial charge in [0, 0.05) is 38.1 Å². The van der Waals surface area contributed by atoms with Crippen LogP contribution in [0.1, 0.15) is 64.2 Å². The number of anilines is 2. The van der Waals surface area contributed by atoms with Crippen LogP contribution in [-0.4, -0.2) is 59.6 Å². The van der Waals surface area contributed by atoms with E-state index in [0.717, 1.165) is 18.7 Å². The molecule has 0 radical (unpaired) electrons. The van der Waals surface area contributed by atoms with E-state index in [-0.39, 0.29) is 17.8 Å². The number of rotatable bonds is 5. The molecule has 2 aliphatic rings. The Kier molecular flexibility index (Phi) is 6.34. The zero-order valence-corrected chi connectivity index (χ0v) is 18.3. The van der Waals surface area contributed by atoms with Crippen LogP contribution < -0.4 is 10.2 Å². The second-order valence-electron chi connectivity index (χ2n) is 9.34. The summed E-state index contributed by atoms with van der Waals surface area (Å²) in [7, 11) is 0. The number of hydrogen-bond donors (Lipinski definition) is 1. The quantitative estimate of drug-likeness (QED) is 0.762. The summed E-state index contributed by atoms with van der Waals surface area (Å²) in [5.41, 5.74) is -0.0438. The van der Waals surface area contributed by atoms with Crippen LogP contribution in [0.15, 0.2) is 12.1 Å². The van der Waals surface area contributed by atoms with Crippen LogP contribution in [0.25, 0.3) is 0 Å². The van der Waals surface area contributed by atoms with Crippen LogP contribution >= 0.6 is 0 Å². The topological polar surface area (TPSA) is 74.8 Å². The van der Waals surface area contributed by atoms with Crippen LogP contribution in [-0.2, 0) is 9.53 Å². The number of ether oxygens (including phenoxy) is 1. The minimum atomic E-state index is -0.551. The highest BCUT2D eigenvalue weighted by Crippen LogP contribution is 2.26. The number of hydrogen-bond acceptors (Lipinski definition) is 6. The lowest BCUT2D eigenvalue weighted by Gasteiger charge is -2.36. The second kappa shape index (κ2) is 8.59. The van der Waals surface area contributed by atoms with E-state index in [1.165, 1.54) is 6.42 Å². The van der Waals surface area contributed by atoms with Crippen molar-refractivity contribution in [3.63, 3.8) is 0 Å². The van der Waals surface area contributed by atoms with E-state index < -0.39 is 5.60 Å². The third-order valence-electron chi connectivity index (χ3n) is 5.31. The lowest BCUT2D eigenvalue weighted by atomic mass is 9.93. The molecular formula is C22H34N4O3. The van der Waals surface area contributed by atoms with Crippen LogP contribution in [0, 0.1) is 5.92 Å². The van der Waals surface area contributed by atoms with Crippen molar-refractivity contribution in [2.45, 2.75) is 65.5 Å². The summed E-state index contributed by atoms with van der Waals surface area (Å²) in [6.07, 6.45) is 3.48. The normalized spacial score (nSPS) is 17.9. The largest absolute Gasteiger partial charge is 0.456 e. The van der Waals surface area contributed by atoms with Crippen molar-refractivity contribution < 1.29 is 14.3 Å². The molecule has 0 bridgehead atoms. The van der Waals surface area contributed by atoms with Crippen LogP contribution in [0.5, 0.6) is 0 Å². The Hall–Kier alpha value is -2.31. The van der Waals surface area contributed by atoms with Crippen molar-refractivity contribution in [2.75, 3.05) is 36.4 Å². The van der Waals surface area contributed by atoms with Crippen molar-refractivity contribution >= 4 is 23.5 Å². The fourth-order valence-corrected chi connectivity index (χ4v) is 3.49. The van der Waals surface area contributed by atoms with Gasteiger partial charge in [-0.2, -0.15) is 0 Å². The maximum absolute atomic E-state index is 12.7. The third kappa shape index (κ3) is 5.61. The highest BCUT2D eigenvalue weighted by Gasteiger charge is 2.26. The SMILES string of the molecule is CC(C)C(=O)N1CCN(c2cc(C(=O)OC(C)(C)C)cc(NC3CCC3)n2)CC1. The second-order valence-corrected chi connectivity index (χ2v) is 9.34. The van der Waals surface area contributed by atoms with E-state index in [9.17, 15) is 9.59 Å². The molecule has 0 atom stereocenters. The molecule has 1 saturated heterocycles. The average molecular weight is 403 g/mol. The lowest BCUT2D eigenvalue weighted by Crippen LogP contribution is -2.50. The number of nitrogens with one attached hydrogen (secondary N) is 1. The van der Waals surface area contributed by atoms with Crippen LogP contribution in [0.3, 0.4) is 0 Å². The summed E-state index contributed by atoms with van der Waals surface area (Å²) in [6, 6.07) is 4.01. The molecule has 2 fully saturated rings. The molecule has 0 unspecified atom stereocenters. The van der Waals surface area contributed by atoms with Gasteiger partial charge in [-0.15, -0.1) is 0 Å². The summed E-state index contributed by atoms with van der Waals surface area (Å²) in [6.45, 7) is 12.2. The number of aromatic nitrogens is 1. The molecular weight excluding hydrogens is 368 g/mol. The molecule has 1 aromatic rings. The molecule has 1 aliphatic heterocycles. The van der Waals surface area contributed by atoms with Crippen LogP contribution in [0.2, 0.25) is 0 Å². The fraction of sp³-hybridized carbons (Fsp3) is 0.682. The number of nitrogens with zero attached hydrogens (tertiary/aromatic N) is 3. The van der Waals surface area contributed by atoms with E-state index >= 15 is 0 Å². The van der Waals surface area contributed by atoms with Crippen molar-refractivity contribution in [1.82, 2.24) is 9.88 Å². The predicted octanol–water partition coefficient (Wildman–Crippen LogP) is 3.31. The summed E-state index contributed by atoms with van der Waals surface area (Å²) in [4.78, 5) is 33.8. The van der Waals surface area contributed by atoms with Gasteiger partial charge in [-0.25, -0.2) is 9.78 Å². The lowest BCUT2D eigenvalue weighted by molar-refractivity contribution is -0.134. The van der Waals surface area contributed by atoms with Gasteiger partial charge in [-0.3, -0.25) is 4.79 Å². The predicted molar refractivity (Wildman–Crippen MR) is 114 cm³/mol. The summed E-state index contributed by atoms with van der Waals surface area (Å²) in [5.74, 6) is 1.33. The highest BCUT2D eigenvalue weighted by atomic mass is 16.6. The first-order valence-electron chi connectivity index (χ1n) is 10.7. The van der Waals surface area contributed by atoms with Gasteiger partial charge in [0.1, 0.15) is 17.2 Å². The third-order valence-corrected chi connectivity index (χ3v) is 5.31. The van der Waals surface area contributed by atoms with Gasteiger partial charge in [0.05, 0.1) is 5.56 Å². The first-order valence-corrected chi connectivity index (χ1v) is 10.7. The number of amides is 1. The van der Waals surface area contributed by atoms with E-state index in [1.807, 2.05) is 39.5 Å². The van der Waals surface area contributed by atoms with Crippen molar-refractivity contribution in [3.05, 3.63) is 17.7 Å². The Morgan fingerprint density at radius 3 is 2.31 bits per heavy atom. The van der Waals surface area contributed by atoms with Gasteiger partial charge in [-0.05, 0) is 52.2 Å². The summed E-state index contributed by atoms with van der Waals surface area (Å²) >= 11 is 0. The molecule has 1 N–H and O–H groups in total. The average Bonchev–Trinajstić information content (AvgIpc) is 2.62. The fourth-order valence-electron chi connectivity index (χ4n) is 3.49. The van der Waals surface area contributed by atoms with Gasteiger partial charge in [-0.1, -0.05) is 13.8 Å². The molecule has 3 rings (SSSR count). The molecule has 1 saturated carbocycles. The number of pyridine rings is 1. The molecule has 29 heavy (non-hydrogen) atoms. The first kappa shape index (κ1) is 21.4. The van der Waals surface area contributed by atoms with E-state index in [2.05, 4.69) is 10.2 Å². The van der Waals surface area contributed by atoms with Crippen molar-refractivity contribution in [3.8, 4) is 0 Å². The molecule has 1 amide bonds. The Labute approximate surface area is 173 Å². The molecule has 160 valence electrons. The Balaban J connectivity index is 1.78. The minimum Gasteiger partial charge on any atom is -0.456 e. The maximum Gasteiger partial charge on any atom is 0.338 e. The standard InChI is InChI=1S/C22H34N4O3/c1-15(2)20(27)26-11-9-25(10-12-26)19-14-16(21(28)29-22(3,4)5)13-18(24-19)23-17-7-6-8-17/h13-15,17H,6-12H2,1-5H3,(H,23,24). The van der Waals surface area contributed by atoms with Gasteiger partial charge in [0.2, 0.25) is 5.91 Å². The minimum absolute atomic E-state index is 0.00782. The van der Waals surface area contributed by atoms with Gasteiger partial charge < -0.3 is 19.9 Å². The molecule has 0 spiro atoms. The monoisotopic (exact) mass is 402 g/mol. The maximum atomic E-state index is 12.7. The Morgan fingerprint density at radius 1 is 1.14 bits per heavy atom. The molecule has 1 aliphatic carbocycles. The summed E-state index contributed by atoms with van der Waals surface area (Å²) in [5, 5.41) is 3.45. The smallest absolute Gasteiger partial charge is 0.338 e. The first-order chi connectivity index (χ1) is 13.6. The zero-order valence-electron chi connectivity index (χ0n) is 18.3. The zero-order chi connectivity index (χ0) is 21.2. The molecule has 7 nitrogen and oxygen atoms in total. The van der Waals surface area contributed by atoms with Crippen LogP contribution in [0.4, 0.5) is 11.6 Å². The summed E-state index contributed by atoms with van der Waals surface area (Å²) < 4.78 is 5.58. The van der Waals surface area contributed by atoms with Crippen molar-refractivity contribution in [1.29, 1.82) is 0 Å². The molecule has 1 aromatic heterocycles. The number of carbonyl (C=O) groups is 2. The van der Waals surface area contributed by atoms with Gasteiger partial charge in [0.25, 0.3) is 0 Å². The van der Waals surface area contributed by atoms with Gasteiger partial charge in [0.15, 0.2) is 0 Å².